The van der Waals surface area contributed by atoms with E-state index in [1.165, 1.54) is 0 Å². The Kier molecular flexibility index (Phi) is 12.7. The predicted molar refractivity (Wildman–Crippen MR) is 203 cm³/mol. The zero-order valence-corrected chi connectivity index (χ0v) is 30.4. The van der Waals surface area contributed by atoms with Crippen molar-refractivity contribution in [1.82, 2.24) is 9.97 Å². The molecule has 1 aromatic carbocycles. The molecule has 8 N–H and O–H groups in total. The van der Waals surface area contributed by atoms with Gasteiger partial charge in [-0.2, -0.15) is 0 Å². The maximum absolute atomic E-state index is 11.6. The van der Waals surface area contributed by atoms with E-state index >= 15 is 0 Å². The van der Waals surface area contributed by atoms with Crippen LogP contribution in [0.4, 0.5) is 5.82 Å². The van der Waals surface area contributed by atoms with Gasteiger partial charge in [0.25, 0.3) is 0 Å². The number of allylic oxidation sites excluding steroid dienone is 2. The van der Waals surface area contributed by atoms with Gasteiger partial charge in [-0.1, -0.05) is 62.7 Å². The fourth-order valence-corrected chi connectivity index (χ4v) is 9.20. The summed E-state index contributed by atoms with van der Waals surface area (Å²) in [6.45, 7) is 1.94. The van der Waals surface area contributed by atoms with E-state index in [0.717, 1.165) is 68.2 Å². The van der Waals surface area contributed by atoms with Gasteiger partial charge in [-0.25, -0.2) is 4.98 Å². The molecule has 9 heteroatoms. The second-order valence-electron chi connectivity index (χ2n) is 15.4. The molecule has 9 unspecified atom stereocenters. The molecule has 1 fully saturated rings. The lowest BCUT2D eigenvalue weighted by molar-refractivity contribution is -0.00708. The normalized spacial score (nSPS) is 27.7. The van der Waals surface area contributed by atoms with Gasteiger partial charge in [0.15, 0.2) is 11.5 Å². The Balaban J connectivity index is 1.32. The van der Waals surface area contributed by atoms with Crippen LogP contribution in [0.3, 0.4) is 0 Å². The number of aromatic hydroxyl groups is 1. The molecule has 1 saturated carbocycles. The Morgan fingerprint density at radius 1 is 1.02 bits per heavy atom. The van der Waals surface area contributed by atoms with Crippen molar-refractivity contribution >= 4 is 5.82 Å². The molecule has 9 atom stereocenters. The number of fused-ring (bicyclic) bond motifs is 1. The number of nitrogen functional groups attached to an aromatic ring is 1. The molecule has 0 aliphatic heterocycles. The number of phenolic OH excluding ortho intramolecular Hbond substituents is 1. The van der Waals surface area contributed by atoms with Crippen molar-refractivity contribution in [1.29, 1.82) is 0 Å². The Labute approximate surface area is 308 Å². The SMILES string of the molecule is CCC1C#CC2C=CC(c3ccc(O)c(OC(CC(c4ccnc(N)c4)C4(c5ccc[nH]5)CCCC4)C(O)CCO)c3)CC(O)C2C(O)CCCC1. The summed E-state index contributed by atoms with van der Waals surface area (Å²) < 4.78 is 6.63. The third kappa shape index (κ3) is 8.52. The van der Waals surface area contributed by atoms with E-state index in [2.05, 4.69) is 40.9 Å². The third-order valence-corrected chi connectivity index (χ3v) is 12.1. The van der Waals surface area contributed by atoms with Gasteiger partial charge in [-0.3, -0.25) is 0 Å². The first kappa shape index (κ1) is 37.9. The first-order valence-corrected chi connectivity index (χ1v) is 19.4. The van der Waals surface area contributed by atoms with Gasteiger partial charge >= 0.3 is 0 Å². The average molecular weight is 712 g/mol. The highest BCUT2D eigenvalue weighted by molar-refractivity contribution is 5.45. The number of H-pyrrole nitrogens is 1. The fourth-order valence-electron chi connectivity index (χ4n) is 9.20. The fraction of sp³-hybridized carbons (Fsp3) is 0.558. The number of pyridine rings is 1. The summed E-state index contributed by atoms with van der Waals surface area (Å²) >= 11 is 0. The summed E-state index contributed by atoms with van der Waals surface area (Å²) in [6, 6.07) is 13.3. The van der Waals surface area contributed by atoms with Crippen LogP contribution in [0.2, 0.25) is 0 Å². The number of nitrogens with one attached hydrogen (secondary N) is 1. The number of hydrogen-bond donors (Lipinski definition) is 7. The number of hydrogen-bond acceptors (Lipinski definition) is 8. The van der Waals surface area contributed by atoms with Gasteiger partial charge in [0.05, 0.1) is 18.3 Å². The molecule has 2 aromatic heterocycles. The lowest BCUT2D eigenvalue weighted by Crippen LogP contribution is -2.40. The van der Waals surface area contributed by atoms with Gasteiger partial charge in [0, 0.05) is 60.2 Å². The van der Waals surface area contributed by atoms with Crippen LogP contribution >= 0.6 is 0 Å². The van der Waals surface area contributed by atoms with Crippen LogP contribution in [-0.2, 0) is 5.41 Å². The largest absolute Gasteiger partial charge is 0.504 e. The predicted octanol–water partition coefficient (Wildman–Crippen LogP) is 6.48. The highest BCUT2D eigenvalue weighted by Crippen LogP contribution is 2.53. The average Bonchev–Trinajstić information content (AvgIpc) is 3.83. The topological polar surface area (TPSA) is 165 Å². The monoisotopic (exact) mass is 711 g/mol. The lowest BCUT2D eigenvalue weighted by Gasteiger charge is -2.40. The summed E-state index contributed by atoms with van der Waals surface area (Å²) in [7, 11) is 0. The van der Waals surface area contributed by atoms with E-state index in [1.54, 1.807) is 18.3 Å². The summed E-state index contributed by atoms with van der Waals surface area (Å²) in [4.78, 5) is 7.74. The smallest absolute Gasteiger partial charge is 0.161 e. The van der Waals surface area contributed by atoms with Gasteiger partial charge < -0.3 is 41.0 Å². The second kappa shape index (κ2) is 17.3. The van der Waals surface area contributed by atoms with Crippen molar-refractivity contribution in [2.24, 2.45) is 17.8 Å². The van der Waals surface area contributed by atoms with E-state index in [1.807, 2.05) is 36.5 Å². The minimum Gasteiger partial charge on any atom is -0.504 e. The van der Waals surface area contributed by atoms with Crippen molar-refractivity contribution in [2.75, 3.05) is 12.3 Å². The van der Waals surface area contributed by atoms with Gasteiger partial charge in [0.2, 0.25) is 0 Å². The maximum Gasteiger partial charge on any atom is 0.161 e. The van der Waals surface area contributed by atoms with Crippen molar-refractivity contribution < 1.29 is 30.3 Å². The lowest BCUT2D eigenvalue weighted by atomic mass is 9.66. The number of anilines is 1. The number of ether oxygens (including phenoxy) is 1. The standard InChI is InChI=1S/C43H57N3O6/c1-2-28-8-3-4-9-36(50)42-29(12-11-28)13-14-30(24-37(42)51)31-15-16-34(48)38(25-31)52-39(35(49)18-23-47)27-33(32-17-22-46-41(44)26-32)43(19-5-6-20-43)40-10-7-21-45-40/h7,10,13-17,21-22,25-26,28-30,33,35-37,39,42,45,47-51H,2-6,8-9,18-20,23-24,27H2,1H3,(H2,44,46). The summed E-state index contributed by atoms with van der Waals surface area (Å²) in [5, 5.41) is 55.5. The summed E-state index contributed by atoms with van der Waals surface area (Å²) in [5.41, 5.74) is 8.93. The van der Waals surface area contributed by atoms with Crippen LogP contribution in [0, 0.1) is 29.6 Å². The van der Waals surface area contributed by atoms with Crippen molar-refractivity contribution in [3.63, 3.8) is 0 Å². The van der Waals surface area contributed by atoms with Crippen LogP contribution in [0.5, 0.6) is 11.5 Å². The first-order valence-electron chi connectivity index (χ1n) is 19.4. The number of aromatic amines is 1. The van der Waals surface area contributed by atoms with E-state index in [4.69, 9.17) is 10.5 Å². The van der Waals surface area contributed by atoms with Gasteiger partial charge in [0.1, 0.15) is 11.9 Å². The van der Waals surface area contributed by atoms with Crippen molar-refractivity contribution in [2.45, 2.75) is 126 Å². The second-order valence-corrected chi connectivity index (χ2v) is 15.4. The molecule has 9 nitrogen and oxygen atoms in total. The molecule has 2 heterocycles. The summed E-state index contributed by atoms with van der Waals surface area (Å²) in [6.07, 6.45) is 14.0. The molecule has 0 spiro atoms. The molecular weight excluding hydrogens is 654 g/mol. The zero-order chi connectivity index (χ0) is 36.7. The minimum absolute atomic E-state index is 0.0613. The Morgan fingerprint density at radius 2 is 1.83 bits per heavy atom. The Morgan fingerprint density at radius 3 is 2.56 bits per heavy atom. The molecule has 0 saturated heterocycles. The van der Waals surface area contributed by atoms with Crippen LogP contribution in [-0.4, -0.2) is 66.5 Å². The van der Waals surface area contributed by atoms with Gasteiger partial charge in [-0.05, 0) is 98.4 Å². The zero-order valence-electron chi connectivity index (χ0n) is 30.4. The van der Waals surface area contributed by atoms with Crippen LogP contribution < -0.4 is 10.5 Å². The molecule has 0 radical (unpaired) electrons. The number of aliphatic hydroxyl groups is 4. The minimum atomic E-state index is -1.02. The molecule has 3 aliphatic rings. The molecule has 0 bridgehead atoms. The third-order valence-electron chi connectivity index (χ3n) is 12.1. The number of phenols is 1. The van der Waals surface area contributed by atoms with Crippen LogP contribution in [0.15, 0.2) is 67.0 Å². The number of aromatic nitrogens is 2. The van der Waals surface area contributed by atoms with Crippen molar-refractivity contribution in [3.05, 3.63) is 83.8 Å². The maximum atomic E-state index is 11.6. The van der Waals surface area contributed by atoms with Gasteiger partial charge in [-0.15, -0.1) is 0 Å². The van der Waals surface area contributed by atoms with E-state index < -0.39 is 30.3 Å². The molecule has 0 amide bonds. The number of nitrogens with zero attached hydrogens (tertiary/aromatic N) is 1. The van der Waals surface area contributed by atoms with E-state index in [-0.39, 0.29) is 47.7 Å². The van der Waals surface area contributed by atoms with Crippen LogP contribution in [0.1, 0.15) is 113 Å². The van der Waals surface area contributed by atoms with E-state index in [0.29, 0.717) is 31.0 Å². The molecule has 52 heavy (non-hydrogen) atoms. The highest BCUT2D eigenvalue weighted by Gasteiger charge is 2.46. The quantitative estimate of drug-likeness (QED) is 0.0830. The van der Waals surface area contributed by atoms with Crippen LogP contribution in [0.25, 0.3) is 0 Å². The molecule has 280 valence electrons. The molecule has 3 aromatic rings. The highest BCUT2D eigenvalue weighted by atomic mass is 16.5. The number of benzene rings is 1. The number of rotatable bonds is 12. The first-order chi connectivity index (χ1) is 25.2. The molecule has 3 aliphatic carbocycles. The Bertz CT molecular complexity index is 1680. The van der Waals surface area contributed by atoms with Crippen molar-refractivity contribution in [3.8, 4) is 23.3 Å². The number of aliphatic hydroxyl groups excluding tert-OH is 4. The number of nitrogens with two attached hydrogens (primary N) is 1. The summed E-state index contributed by atoms with van der Waals surface area (Å²) in [5.74, 6) is 6.78. The van der Waals surface area contributed by atoms with E-state index in [9.17, 15) is 25.5 Å². The molecular formula is C43H57N3O6. The Hall–Kier alpha value is -3.81. The molecule has 6 rings (SSSR count).